The molecule has 0 bridgehead atoms. The third kappa shape index (κ3) is 4.00. The molecular weight excluding hydrogens is 268 g/mol. The van der Waals surface area contributed by atoms with Crippen LogP contribution in [0.15, 0.2) is 18.5 Å². The fourth-order valence-corrected chi connectivity index (χ4v) is 2.34. The van der Waals surface area contributed by atoms with Gasteiger partial charge in [0.1, 0.15) is 0 Å². The van der Waals surface area contributed by atoms with Gasteiger partial charge in [-0.25, -0.2) is 9.67 Å². The van der Waals surface area contributed by atoms with Crippen molar-refractivity contribution in [2.45, 2.75) is 26.4 Å². The molecule has 6 nitrogen and oxygen atoms in total. The van der Waals surface area contributed by atoms with Gasteiger partial charge in [0.2, 0.25) is 0 Å². The second-order valence-electron chi connectivity index (χ2n) is 5.43. The Balaban J connectivity index is 2.14. The lowest BCUT2D eigenvalue weighted by Gasteiger charge is -2.20. The summed E-state index contributed by atoms with van der Waals surface area (Å²) in [7, 11) is 1.69. The number of pyridine rings is 1. The van der Waals surface area contributed by atoms with E-state index in [-0.39, 0.29) is 6.61 Å². The van der Waals surface area contributed by atoms with Gasteiger partial charge in [-0.3, -0.25) is 4.90 Å². The average molecular weight is 292 g/mol. The van der Waals surface area contributed by atoms with Gasteiger partial charge in [-0.05, 0) is 25.5 Å². The average Bonchev–Trinajstić information content (AvgIpc) is 2.88. The van der Waals surface area contributed by atoms with Crippen molar-refractivity contribution in [2.24, 2.45) is 0 Å². The summed E-state index contributed by atoms with van der Waals surface area (Å²) >= 11 is 0. The Bertz CT molecular complexity index is 568. The summed E-state index contributed by atoms with van der Waals surface area (Å²) in [6.07, 6.45) is 3.75. The maximum absolute atomic E-state index is 9.14. The van der Waals surface area contributed by atoms with Crippen molar-refractivity contribution in [3.63, 3.8) is 0 Å². The second-order valence-corrected chi connectivity index (χ2v) is 5.43. The van der Waals surface area contributed by atoms with E-state index >= 15 is 0 Å². The molecule has 0 fully saturated rings. The van der Waals surface area contributed by atoms with E-state index in [9.17, 15) is 0 Å². The summed E-state index contributed by atoms with van der Waals surface area (Å²) in [5.41, 5.74) is 2.04. The molecule has 1 N–H and O–H groups in total. The quantitative estimate of drug-likeness (QED) is 0.798. The van der Waals surface area contributed by atoms with Gasteiger partial charge in [0.05, 0.1) is 19.4 Å². The van der Waals surface area contributed by atoms with Gasteiger partial charge in [-0.2, -0.15) is 5.10 Å². The summed E-state index contributed by atoms with van der Waals surface area (Å²) in [5.74, 6) is 0. The first-order chi connectivity index (χ1) is 10.2. The van der Waals surface area contributed by atoms with Crippen LogP contribution in [0, 0.1) is 0 Å². The largest absolute Gasteiger partial charge is 0.395 e. The van der Waals surface area contributed by atoms with Gasteiger partial charge in [-0.1, -0.05) is 0 Å². The van der Waals surface area contributed by atoms with Crippen LogP contribution in [0.4, 0.5) is 0 Å². The molecule has 21 heavy (non-hydrogen) atoms. The van der Waals surface area contributed by atoms with Crippen LogP contribution in [0.5, 0.6) is 0 Å². The molecule has 116 valence electrons. The predicted octanol–water partition coefficient (Wildman–Crippen LogP) is 1.45. The van der Waals surface area contributed by atoms with Crippen molar-refractivity contribution in [2.75, 3.05) is 33.4 Å². The minimum absolute atomic E-state index is 0.144. The number of rotatable bonds is 8. The third-order valence-corrected chi connectivity index (χ3v) is 3.41. The van der Waals surface area contributed by atoms with E-state index in [1.165, 1.54) is 0 Å². The third-order valence-electron chi connectivity index (χ3n) is 3.41. The molecule has 0 spiro atoms. The molecule has 0 saturated heterocycles. The number of hydrogen-bond donors (Lipinski definition) is 1. The van der Waals surface area contributed by atoms with E-state index < -0.39 is 0 Å². The first kappa shape index (κ1) is 15.9. The molecule has 6 heteroatoms. The van der Waals surface area contributed by atoms with Gasteiger partial charge in [0, 0.05) is 44.4 Å². The lowest BCUT2D eigenvalue weighted by Crippen LogP contribution is -2.29. The maximum atomic E-state index is 9.14. The van der Waals surface area contributed by atoms with E-state index in [0.29, 0.717) is 19.2 Å². The number of methoxy groups -OCH3 is 1. The van der Waals surface area contributed by atoms with Crippen molar-refractivity contribution < 1.29 is 9.84 Å². The lowest BCUT2D eigenvalue weighted by atomic mass is 10.2. The Morgan fingerprint density at radius 2 is 2.14 bits per heavy atom. The van der Waals surface area contributed by atoms with Crippen molar-refractivity contribution in [3.8, 4) is 0 Å². The molecule has 0 aliphatic carbocycles. The van der Waals surface area contributed by atoms with Gasteiger partial charge < -0.3 is 9.84 Å². The standard InChI is InChI=1S/C15H24N4O2/c1-12(2)19-15-14(10-17-19)8-13(9-16-15)11-18(4-6-20)5-7-21-3/h8-10,12,20H,4-7,11H2,1-3H3. The molecule has 2 heterocycles. The first-order valence-electron chi connectivity index (χ1n) is 7.30. The molecule has 2 rings (SSSR count). The highest BCUT2D eigenvalue weighted by molar-refractivity contribution is 5.75. The zero-order valence-corrected chi connectivity index (χ0v) is 13.0. The van der Waals surface area contributed by atoms with E-state index in [0.717, 1.165) is 29.7 Å². The molecule has 2 aromatic heterocycles. The van der Waals surface area contributed by atoms with Crippen LogP contribution in [0.2, 0.25) is 0 Å². The van der Waals surface area contributed by atoms with Gasteiger partial charge >= 0.3 is 0 Å². The highest BCUT2D eigenvalue weighted by atomic mass is 16.5. The van der Waals surface area contributed by atoms with Gasteiger partial charge in [0.15, 0.2) is 5.65 Å². The fraction of sp³-hybridized carbons (Fsp3) is 0.600. The van der Waals surface area contributed by atoms with Crippen molar-refractivity contribution in [1.82, 2.24) is 19.7 Å². The monoisotopic (exact) mass is 292 g/mol. The summed E-state index contributed by atoms with van der Waals surface area (Å²) in [6, 6.07) is 2.42. The Hall–Kier alpha value is -1.50. The topological polar surface area (TPSA) is 63.4 Å². The minimum atomic E-state index is 0.144. The van der Waals surface area contributed by atoms with Crippen molar-refractivity contribution >= 4 is 11.0 Å². The van der Waals surface area contributed by atoms with Crippen molar-refractivity contribution in [1.29, 1.82) is 0 Å². The molecule has 0 radical (unpaired) electrons. The number of ether oxygens (including phenoxy) is 1. The SMILES string of the molecule is COCCN(CCO)Cc1cnc2c(cnn2C(C)C)c1. The zero-order valence-electron chi connectivity index (χ0n) is 13.0. The minimum Gasteiger partial charge on any atom is -0.395 e. The van der Waals surface area contributed by atoms with E-state index in [4.69, 9.17) is 9.84 Å². The summed E-state index contributed by atoms with van der Waals surface area (Å²) < 4.78 is 7.03. The molecular formula is C15H24N4O2. The number of hydrogen-bond acceptors (Lipinski definition) is 5. The van der Waals surface area contributed by atoms with E-state index in [2.05, 4.69) is 34.9 Å². The Kier molecular flexibility index (Phi) is 5.67. The van der Waals surface area contributed by atoms with Crippen LogP contribution in [-0.4, -0.2) is 58.2 Å². The highest BCUT2D eigenvalue weighted by Crippen LogP contribution is 2.17. The Morgan fingerprint density at radius 1 is 1.33 bits per heavy atom. The van der Waals surface area contributed by atoms with Crippen LogP contribution in [-0.2, 0) is 11.3 Å². The van der Waals surface area contributed by atoms with E-state index in [1.807, 2.05) is 17.1 Å². The Labute approximate surface area is 125 Å². The van der Waals surface area contributed by atoms with E-state index in [1.54, 1.807) is 7.11 Å². The van der Waals surface area contributed by atoms with Gasteiger partial charge in [-0.15, -0.1) is 0 Å². The van der Waals surface area contributed by atoms with Gasteiger partial charge in [0.25, 0.3) is 0 Å². The smallest absolute Gasteiger partial charge is 0.157 e. The number of aliphatic hydroxyl groups is 1. The zero-order chi connectivity index (χ0) is 15.2. The number of fused-ring (bicyclic) bond motifs is 1. The number of aromatic nitrogens is 3. The molecule has 0 aliphatic heterocycles. The van der Waals surface area contributed by atoms with Crippen LogP contribution >= 0.6 is 0 Å². The second kappa shape index (κ2) is 7.49. The molecule has 0 aromatic carbocycles. The first-order valence-corrected chi connectivity index (χ1v) is 7.30. The molecule has 0 aliphatic rings. The molecule has 0 atom stereocenters. The van der Waals surface area contributed by atoms with Crippen LogP contribution in [0.25, 0.3) is 11.0 Å². The van der Waals surface area contributed by atoms with Crippen LogP contribution in [0.1, 0.15) is 25.5 Å². The molecule has 0 unspecified atom stereocenters. The predicted molar refractivity (Wildman–Crippen MR) is 82.2 cm³/mol. The molecule has 0 saturated carbocycles. The summed E-state index contributed by atoms with van der Waals surface area (Å²) in [4.78, 5) is 6.69. The van der Waals surface area contributed by atoms with Crippen molar-refractivity contribution in [3.05, 3.63) is 24.0 Å². The number of aliphatic hydroxyl groups excluding tert-OH is 1. The lowest BCUT2D eigenvalue weighted by molar-refractivity contribution is 0.127. The van der Waals surface area contributed by atoms with Crippen LogP contribution < -0.4 is 0 Å². The molecule has 2 aromatic rings. The van der Waals surface area contributed by atoms with Crippen LogP contribution in [0.3, 0.4) is 0 Å². The Morgan fingerprint density at radius 3 is 2.81 bits per heavy atom. The summed E-state index contributed by atoms with van der Waals surface area (Å²) in [6.45, 7) is 7.16. The summed E-state index contributed by atoms with van der Waals surface area (Å²) in [5, 5.41) is 14.6. The molecule has 0 amide bonds. The highest BCUT2D eigenvalue weighted by Gasteiger charge is 2.10. The maximum Gasteiger partial charge on any atom is 0.157 e. The number of nitrogens with zero attached hydrogens (tertiary/aromatic N) is 4. The normalized spacial score (nSPS) is 11.9. The fourth-order valence-electron chi connectivity index (χ4n) is 2.34.